The average molecular weight is 365 g/mol. The van der Waals surface area contributed by atoms with E-state index >= 15 is 0 Å². The van der Waals surface area contributed by atoms with Crippen LogP contribution in [-0.4, -0.2) is 14.5 Å². The molecule has 7 heteroatoms. The van der Waals surface area contributed by atoms with Gasteiger partial charge in [-0.15, -0.1) is 0 Å². The third-order valence-corrected chi connectivity index (χ3v) is 6.33. The van der Waals surface area contributed by atoms with Crippen LogP contribution < -0.4 is 10.5 Å². The van der Waals surface area contributed by atoms with Crippen molar-refractivity contribution in [3.8, 4) is 0 Å². The normalized spacial score (nSPS) is 22.9. The lowest BCUT2D eigenvalue weighted by atomic mass is 9.74. The molecule has 5 nitrogen and oxygen atoms in total. The SMILES string of the molecule is CC1(C)CCCCC1NS(=O)(=O)c1cc(CN)oc1Br. The van der Waals surface area contributed by atoms with Gasteiger partial charge in [0.25, 0.3) is 0 Å². The van der Waals surface area contributed by atoms with E-state index in [4.69, 9.17) is 10.2 Å². The van der Waals surface area contributed by atoms with Crippen LogP contribution in [0.15, 0.2) is 20.0 Å². The predicted octanol–water partition coefficient (Wildman–Crippen LogP) is 2.75. The summed E-state index contributed by atoms with van der Waals surface area (Å²) in [6.45, 7) is 4.38. The second kappa shape index (κ2) is 5.79. The third-order valence-electron chi connectivity index (χ3n) is 4.00. The van der Waals surface area contributed by atoms with E-state index in [1.165, 1.54) is 6.07 Å². The Balaban J connectivity index is 2.24. The van der Waals surface area contributed by atoms with Gasteiger partial charge in [0.2, 0.25) is 10.0 Å². The summed E-state index contributed by atoms with van der Waals surface area (Å²) in [5.74, 6) is 0.445. The highest BCUT2D eigenvalue weighted by Gasteiger charge is 2.36. The Bertz CT molecular complexity index is 580. The van der Waals surface area contributed by atoms with Gasteiger partial charge in [-0.05, 0) is 34.2 Å². The fourth-order valence-electron chi connectivity index (χ4n) is 2.64. The smallest absolute Gasteiger partial charge is 0.245 e. The molecular weight excluding hydrogens is 344 g/mol. The van der Waals surface area contributed by atoms with Gasteiger partial charge in [0.1, 0.15) is 10.7 Å². The molecule has 1 aliphatic rings. The number of hydrogen-bond acceptors (Lipinski definition) is 4. The minimum atomic E-state index is -3.60. The van der Waals surface area contributed by atoms with Crippen LogP contribution in [0.2, 0.25) is 0 Å². The quantitative estimate of drug-likeness (QED) is 0.859. The van der Waals surface area contributed by atoms with Crippen LogP contribution in [-0.2, 0) is 16.6 Å². The number of halogens is 1. The summed E-state index contributed by atoms with van der Waals surface area (Å²) in [6.07, 6.45) is 4.10. The lowest BCUT2D eigenvalue weighted by molar-refractivity contribution is 0.188. The summed E-state index contributed by atoms with van der Waals surface area (Å²) in [5, 5.41) is 0. The molecule has 0 saturated heterocycles. The lowest BCUT2D eigenvalue weighted by Crippen LogP contribution is -2.46. The second-order valence-electron chi connectivity index (χ2n) is 5.96. The Kier molecular flexibility index (Phi) is 4.63. The zero-order valence-corrected chi connectivity index (χ0v) is 14.2. The van der Waals surface area contributed by atoms with Crippen LogP contribution >= 0.6 is 15.9 Å². The molecule has 20 heavy (non-hydrogen) atoms. The molecule has 3 N–H and O–H groups in total. The van der Waals surface area contributed by atoms with Crippen molar-refractivity contribution < 1.29 is 12.8 Å². The maximum Gasteiger partial charge on any atom is 0.245 e. The minimum Gasteiger partial charge on any atom is -0.452 e. The van der Waals surface area contributed by atoms with Gasteiger partial charge in [-0.1, -0.05) is 26.7 Å². The van der Waals surface area contributed by atoms with Crippen LogP contribution in [0.3, 0.4) is 0 Å². The largest absolute Gasteiger partial charge is 0.452 e. The van der Waals surface area contributed by atoms with Crippen molar-refractivity contribution in [2.24, 2.45) is 11.1 Å². The van der Waals surface area contributed by atoms with Crippen LogP contribution in [0, 0.1) is 5.41 Å². The van der Waals surface area contributed by atoms with E-state index in [1.54, 1.807) is 0 Å². The van der Waals surface area contributed by atoms with Gasteiger partial charge in [0, 0.05) is 12.1 Å². The Hall–Kier alpha value is -0.370. The molecule has 0 aliphatic heterocycles. The highest BCUT2D eigenvalue weighted by molar-refractivity contribution is 9.10. The van der Waals surface area contributed by atoms with Crippen LogP contribution in [0.4, 0.5) is 0 Å². The van der Waals surface area contributed by atoms with E-state index in [-0.39, 0.29) is 27.6 Å². The Morgan fingerprint density at radius 1 is 1.50 bits per heavy atom. The van der Waals surface area contributed by atoms with Gasteiger partial charge in [-0.25, -0.2) is 13.1 Å². The van der Waals surface area contributed by atoms with Gasteiger partial charge in [0.15, 0.2) is 4.67 Å². The van der Waals surface area contributed by atoms with Gasteiger partial charge in [0.05, 0.1) is 6.54 Å². The minimum absolute atomic E-state index is 0.0295. The molecule has 0 amide bonds. The first-order valence-electron chi connectivity index (χ1n) is 6.77. The topological polar surface area (TPSA) is 85.3 Å². The Morgan fingerprint density at radius 2 is 2.20 bits per heavy atom. The van der Waals surface area contributed by atoms with E-state index in [2.05, 4.69) is 34.5 Å². The molecule has 1 heterocycles. The van der Waals surface area contributed by atoms with Crippen molar-refractivity contribution >= 4 is 26.0 Å². The highest BCUT2D eigenvalue weighted by Crippen LogP contribution is 2.37. The standard InChI is InChI=1S/C13H21BrN2O3S/c1-13(2)6-4-3-5-11(13)16-20(17,18)10-7-9(8-15)19-12(10)14/h7,11,16H,3-6,8,15H2,1-2H3. The molecule has 0 bridgehead atoms. The van der Waals surface area contributed by atoms with Crippen molar-refractivity contribution in [1.82, 2.24) is 4.72 Å². The van der Waals surface area contributed by atoms with Crippen molar-refractivity contribution in [3.63, 3.8) is 0 Å². The zero-order valence-electron chi connectivity index (χ0n) is 11.8. The van der Waals surface area contributed by atoms with Crippen molar-refractivity contribution in [1.29, 1.82) is 0 Å². The summed E-state index contributed by atoms with van der Waals surface area (Å²) in [7, 11) is -3.60. The molecule has 1 fully saturated rings. The number of sulfonamides is 1. The fraction of sp³-hybridized carbons (Fsp3) is 0.692. The molecular formula is C13H21BrN2O3S. The van der Waals surface area contributed by atoms with Crippen LogP contribution in [0.25, 0.3) is 0 Å². The number of hydrogen-bond donors (Lipinski definition) is 2. The molecule has 1 atom stereocenters. The van der Waals surface area contributed by atoms with Crippen LogP contribution in [0.5, 0.6) is 0 Å². The molecule has 0 radical (unpaired) electrons. The van der Waals surface area contributed by atoms with E-state index in [9.17, 15) is 8.42 Å². The average Bonchev–Trinajstić information content (AvgIpc) is 2.74. The molecule has 1 aromatic heterocycles. The van der Waals surface area contributed by atoms with E-state index in [1.807, 2.05) is 0 Å². The summed E-state index contributed by atoms with van der Waals surface area (Å²) in [5.41, 5.74) is 5.44. The lowest BCUT2D eigenvalue weighted by Gasteiger charge is -2.38. The molecule has 1 unspecified atom stereocenters. The predicted molar refractivity (Wildman–Crippen MR) is 80.7 cm³/mol. The first-order valence-corrected chi connectivity index (χ1v) is 9.04. The number of rotatable bonds is 4. The van der Waals surface area contributed by atoms with Crippen molar-refractivity contribution in [3.05, 3.63) is 16.5 Å². The van der Waals surface area contributed by atoms with Gasteiger partial charge in [-0.3, -0.25) is 0 Å². The molecule has 1 aromatic rings. The van der Waals surface area contributed by atoms with E-state index in [0.29, 0.717) is 5.76 Å². The molecule has 1 saturated carbocycles. The molecule has 2 rings (SSSR count). The van der Waals surface area contributed by atoms with Crippen LogP contribution in [0.1, 0.15) is 45.3 Å². The Morgan fingerprint density at radius 3 is 2.75 bits per heavy atom. The first kappa shape index (κ1) is 16.0. The van der Waals surface area contributed by atoms with Crippen molar-refractivity contribution in [2.45, 2.75) is 57.0 Å². The number of nitrogens with one attached hydrogen (secondary N) is 1. The number of nitrogens with two attached hydrogens (primary N) is 1. The maximum atomic E-state index is 12.5. The first-order chi connectivity index (χ1) is 9.26. The Labute approximate surface area is 128 Å². The number of furan rings is 1. The zero-order chi connectivity index (χ0) is 15.0. The fourth-order valence-corrected chi connectivity index (χ4v) is 5.08. The third kappa shape index (κ3) is 3.27. The summed E-state index contributed by atoms with van der Waals surface area (Å²) < 4.78 is 33.3. The van der Waals surface area contributed by atoms with E-state index in [0.717, 1.165) is 25.7 Å². The molecule has 114 valence electrons. The van der Waals surface area contributed by atoms with Gasteiger partial charge < -0.3 is 10.2 Å². The van der Waals surface area contributed by atoms with Crippen molar-refractivity contribution in [2.75, 3.05) is 0 Å². The summed E-state index contributed by atoms with van der Waals surface area (Å²) in [4.78, 5) is 0.124. The van der Waals surface area contributed by atoms with Gasteiger partial charge >= 0.3 is 0 Å². The summed E-state index contributed by atoms with van der Waals surface area (Å²) >= 11 is 3.15. The molecule has 0 aromatic carbocycles. The summed E-state index contributed by atoms with van der Waals surface area (Å²) in [6, 6.07) is 1.42. The monoisotopic (exact) mass is 364 g/mol. The highest BCUT2D eigenvalue weighted by atomic mass is 79.9. The van der Waals surface area contributed by atoms with Gasteiger partial charge in [-0.2, -0.15) is 0 Å². The molecule has 0 spiro atoms. The second-order valence-corrected chi connectivity index (χ2v) is 8.37. The molecule has 1 aliphatic carbocycles. The van der Waals surface area contributed by atoms with E-state index < -0.39 is 10.0 Å². The maximum absolute atomic E-state index is 12.5.